The highest BCUT2D eigenvalue weighted by molar-refractivity contribution is 6.30. The molecule has 0 amide bonds. The molecule has 2 saturated heterocycles. The summed E-state index contributed by atoms with van der Waals surface area (Å²) in [5, 5.41) is 12.2. The largest absolute Gasteiger partial charge is 0.490 e. The molecule has 3 aromatic rings. The SMILES string of the molecule is O[C@H]1CN(c2ccnc3cc(C(F)(F)F)ccc23)C[C@@H]1N1CCC(Oc2ccc(Cl)cc2)CC1. The Balaban J connectivity index is 1.25. The van der Waals surface area contributed by atoms with Crippen LogP contribution < -0.4 is 9.64 Å². The summed E-state index contributed by atoms with van der Waals surface area (Å²) >= 11 is 5.93. The number of pyridine rings is 1. The number of piperidine rings is 1. The van der Waals surface area contributed by atoms with E-state index in [2.05, 4.69) is 9.88 Å². The second-order valence-electron chi connectivity index (χ2n) is 8.91. The number of alkyl halides is 3. The highest BCUT2D eigenvalue weighted by atomic mass is 35.5. The fourth-order valence-electron chi connectivity index (χ4n) is 4.94. The van der Waals surface area contributed by atoms with Gasteiger partial charge in [0.1, 0.15) is 11.9 Å². The Morgan fingerprint density at radius 3 is 2.44 bits per heavy atom. The maximum Gasteiger partial charge on any atom is 0.416 e. The molecule has 5 rings (SSSR count). The number of hydrogen-bond donors (Lipinski definition) is 1. The summed E-state index contributed by atoms with van der Waals surface area (Å²) in [5.41, 5.74) is 0.374. The summed E-state index contributed by atoms with van der Waals surface area (Å²) in [6.07, 6.45) is -1.62. The Kier molecular flexibility index (Phi) is 6.31. The van der Waals surface area contributed by atoms with E-state index in [0.717, 1.165) is 49.5 Å². The van der Waals surface area contributed by atoms with Gasteiger partial charge >= 0.3 is 6.18 Å². The number of aliphatic hydroxyl groups excluding tert-OH is 1. The first-order valence-electron chi connectivity index (χ1n) is 11.3. The number of benzene rings is 2. The van der Waals surface area contributed by atoms with Gasteiger partial charge in [0.2, 0.25) is 0 Å². The zero-order valence-electron chi connectivity index (χ0n) is 18.4. The summed E-state index contributed by atoms with van der Waals surface area (Å²) in [5.74, 6) is 0.799. The van der Waals surface area contributed by atoms with E-state index in [9.17, 15) is 18.3 Å². The predicted molar refractivity (Wildman–Crippen MR) is 125 cm³/mol. The van der Waals surface area contributed by atoms with Crippen molar-refractivity contribution in [3.63, 3.8) is 0 Å². The van der Waals surface area contributed by atoms with Gasteiger partial charge in [-0.1, -0.05) is 17.7 Å². The molecule has 0 radical (unpaired) electrons. The number of fused-ring (bicyclic) bond motifs is 1. The lowest BCUT2D eigenvalue weighted by atomic mass is 10.0. The highest BCUT2D eigenvalue weighted by Gasteiger charge is 2.38. The minimum absolute atomic E-state index is 0.0471. The van der Waals surface area contributed by atoms with Crippen LogP contribution in [0.15, 0.2) is 54.7 Å². The molecule has 9 heteroatoms. The quantitative estimate of drug-likeness (QED) is 0.556. The molecule has 0 aliphatic carbocycles. The maximum absolute atomic E-state index is 13.1. The predicted octanol–water partition coefficient (Wildman–Crippen LogP) is 5.00. The monoisotopic (exact) mass is 491 g/mol. The van der Waals surface area contributed by atoms with Gasteiger partial charge in [-0.3, -0.25) is 9.88 Å². The average molecular weight is 492 g/mol. The summed E-state index contributed by atoms with van der Waals surface area (Å²) in [7, 11) is 0. The Morgan fingerprint density at radius 1 is 1.00 bits per heavy atom. The Hall–Kier alpha value is -2.55. The number of β-amino-alcohol motifs (C(OH)–C–C–N with tert-alkyl or cyclic N) is 1. The minimum Gasteiger partial charge on any atom is -0.490 e. The highest BCUT2D eigenvalue weighted by Crippen LogP contribution is 2.35. The molecule has 2 fully saturated rings. The van der Waals surface area contributed by atoms with Crippen molar-refractivity contribution in [3.05, 3.63) is 65.3 Å². The molecule has 34 heavy (non-hydrogen) atoms. The van der Waals surface area contributed by atoms with E-state index in [-0.39, 0.29) is 12.1 Å². The number of rotatable bonds is 4. The number of hydrogen-bond acceptors (Lipinski definition) is 5. The summed E-state index contributed by atoms with van der Waals surface area (Å²) < 4.78 is 45.4. The van der Waals surface area contributed by atoms with Crippen LogP contribution in [0, 0.1) is 0 Å². The van der Waals surface area contributed by atoms with Crippen LogP contribution in [-0.4, -0.2) is 59.4 Å². The van der Waals surface area contributed by atoms with E-state index in [4.69, 9.17) is 16.3 Å². The van der Waals surface area contributed by atoms with Crippen LogP contribution in [0.3, 0.4) is 0 Å². The summed E-state index contributed by atoms with van der Waals surface area (Å²) in [4.78, 5) is 8.48. The first-order chi connectivity index (χ1) is 16.3. The molecule has 0 spiro atoms. The number of halogens is 4. The van der Waals surface area contributed by atoms with Crippen molar-refractivity contribution in [1.82, 2.24) is 9.88 Å². The Morgan fingerprint density at radius 2 is 1.74 bits per heavy atom. The third-order valence-electron chi connectivity index (χ3n) is 6.71. The molecule has 3 heterocycles. The third-order valence-corrected chi connectivity index (χ3v) is 6.96. The summed E-state index contributed by atoms with van der Waals surface area (Å²) in [6.45, 7) is 2.63. The van der Waals surface area contributed by atoms with Crippen LogP contribution in [0.2, 0.25) is 5.02 Å². The van der Waals surface area contributed by atoms with Gasteiger partial charge in [-0.15, -0.1) is 0 Å². The lowest BCUT2D eigenvalue weighted by Crippen LogP contribution is -2.49. The zero-order valence-corrected chi connectivity index (χ0v) is 19.1. The molecule has 0 bridgehead atoms. The smallest absolute Gasteiger partial charge is 0.416 e. The second kappa shape index (κ2) is 9.24. The van der Waals surface area contributed by atoms with Crippen molar-refractivity contribution in [3.8, 4) is 5.75 Å². The van der Waals surface area contributed by atoms with Crippen molar-refractivity contribution in [2.75, 3.05) is 31.1 Å². The molecule has 2 atom stereocenters. The first kappa shape index (κ1) is 23.2. The van der Waals surface area contributed by atoms with E-state index in [0.29, 0.717) is 29.0 Å². The molecule has 2 aliphatic rings. The van der Waals surface area contributed by atoms with Gasteiger partial charge in [-0.25, -0.2) is 0 Å². The van der Waals surface area contributed by atoms with E-state index in [1.165, 1.54) is 12.3 Å². The molecule has 1 aromatic heterocycles. The lowest BCUT2D eigenvalue weighted by molar-refractivity contribution is -0.137. The maximum atomic E-state index is 13.1. The standard InChI is InChI=1S/C25H25ClF3N3O2/c26-17-2-4-18(5-3-17)34-19-8-11-31(12-9-19)23-14-32(15-24(23)33)22-7-10-30-21-13-16(25(27,28)29)1-6-20(21)22/h1-7,10,13,19,23-24,33H,8-9,11-12,14-15H2/t23-,24-/m0/s1. The molecule has 0 saturated carbocycles. The fraction of sp³-hybridized carbons (Fsp3) is 0.400. The molecule has 2 aromatic carbocycles. The normalized spacial score (nSPS) is 22.4. The van der Waals surface area contributed by atoms with Gasteiger partial charge < -0.3 is 14.7 Å². The Bertz CT molecular complexity index is 1150. The third kappa shape index (κ3) is 4.80. The van der Waals surface area contributed by atoms with E-state index in [1.807, 2.05) is 29.2 Å². The number of anilines is 1. The summed E-state index contributed by atoms with van der Waals surface area (Å²) in [6, 6.07) is 12.7. The van der Waals surface area contributed by atoms with Crippen molar-refractivity contribution >= 4 is 28.2 Å². The van der Waals surface area contributed by atoms with E-state index < -0.39 is 17.8 Å². The van der Waals surface area contributed by atoms with Crippen molar-refractivity contribution in [1.29, 1.82) is 0 Å². The molecule has 180 valence electrons. The minimum atomic E-state index is -4.41. The topological polar surface area (TPSA) is 48.8 Å². The number of ether oxygens (including phenoxy) is 1. The molecule has 0 unspecified atom stereocenters. The van der Waals surface area contributed by atoms with Crippen molar-refractivity contribution < 1.29 is 23.0 Å². The Labute approximate surface area is 200 Å². The van der Waals surface area contributed by atoms with Crippen LogP contribution in [-0.2, 0) is 6.18 Å². The zero-order chi connectivity index (χ0) is 23.9. The van der Waals surface area contributed by atoms with Crippen LogP contribution in [0.5, 0.6) is 5.75 Å². The number of aliphatic hydroxyl groups is 1. The lowest BCUT2D eigenvalue weighted by Gasteiger charge is -2.37. The van der Waals surface area contributed by atoms with E-state index in [1.54, 1.807) is 6.07 Å². The number of likely N-dealkylation sites (tertiary alicyclic amines) is 1. The first-order valence-corrected chi connectivity index (χ1v) is 11.7. The van der Waals surface area contributed by atoms with Gasteiger partial charge in [0, 0.05) is 48.5 Å². The van der Waals surface area contributed by atoms with E-state index >= 15 is 0 Å². The molecule has 5 nitrogen and oxygen atoms in total. The van der Waals surface area contributed by atoms with Crippen LogP contribution in [0.25, 0.3) is 10.9 Å². The van der Waals surface area contributed by atoms with Gasteiger partial charge in [-0.05, 0) is 55.3 Å². The molecule has 2 aliphatic heterocycles. The van der Waals surface area contributed by atoms with Crippen LogP contribution >= 0.6 is 11.6 Å². The van der Waals surface area contributed by atoms with Crippen molar-refractivity contribution in [2.45, 2.75) is 37.3 Å². The van der Waals surface area contributed by atoms with Gasteiger partial charge in [-0.2, -0.15) is 13.2 Å². The molecular formula is C25H25ClF3N3O2. The van der Waals surface area contributed by atoms with Crippen LogP contribution in [0.4, 0.5) is 18.9 Å². The fourth-order valence-corrected chi connectivity index (χ4v) is 5.07. The average Bonchev–Trinajstić information content (AvgIpc) is 3.21. The van der Waals surface area contributed by atoms with Gasteiger partial charge in [0.15, 0.2) is 0 Å². The molecular weight excluding hydrogens is 467 g/mol. The van der Waals surface area contributed by atoms with Crippen LogP contribution in [0.1, 0.15) is 18.4 Å². The van der Waals surface area contributed by atoms with Crippen molar-refractivity contribution in [2.24, 2.45) is 0 Å². The van der Waals surface area contributed by atoms with Gasteiger partial charge in [0.05, 0.1) is 23.2 Å². The second-order valence-corrected chi connectivity index (χ2v) is 9.34. The molecule has 1 N–H and O–H groups in total. The number of nitrogens with zero attached hydrogens (tertiary/aromatic N) is 3. The van der Waals surface area contributed by atoms with Gasteiger partial charge in [0.25, 0.3) is 0 Å². The number of aromatic nitrogens is 1.